The van der Waals surface area contributed by atoms with Crippen LogP contribution < -0.4 is 5.32 Å². The Morgan fingerprint density at radius 2 is 1.91 bits per heavy atom. The van der Waals surface area contributed by atoms with Crippen LogP contribution in [0.2, 0.25) is 0 Å². The molecule has 0 bridgehead atoms. The van der Waals surface area contributed by atoms with Crippen molar-refractivity contribution >= 4 is 33.8 Å². The first-order valence-corrected chi connectivity index (χ1v) is 7.40. The molecule has 1 N–H and O–H groups in total. The van der Waals surface area contributed by atoms with Gasteiger partial charge in [0.15, 0.2) is 0 Å². The number of esters is 2. The Balaban J connectivity index is 2.79. The molecule has 120 valence electrons. The van der Waals surface area contributed by atoms with Gasteiger partial charge in [-0.1, -0.05) is 15.9 Å². The summed E-state index contributed by atoms with van der Waals surface area (Å²) < 4.78 is 10.1. The summed E-state index contributed by atoms with van der Waals surface area (Å²) in [6, 6.07) is 4.20. The number of carbonyl (C=O) groups excluding carboxylic acids is 3. The lowest BCUT2D eigenvalue weighted by atomic mass is 10.1. The van der Waals surface area contributed by atoms with Gasteiger partial charge in [0, 0.05) is 16.5 Å². The standard InChI is InChI=1S/C15H18BrNO5/c1-9-8-10(4-5-11(9)16)14(19)17-12(15(20)22-3)6-7-13(18)21-2/h4-5,8,12H,6-7H2,1-3H3,(H,17,19). The maximum atomic E-state index is 12.2. The summed E-state index contributed by atoms with van der Waals surface area (Å²) in [7, 11) is 2.49. The number of methoxy groups -OCH3 is 2. The Hall–Kier alpha value is -1.89. The first-order chi connectivity index (χ1) is 10.4. The molecule has 6 nitrogen and oxygen atoms in total. The molecule has 1 aromatic carbocycles. The maximum absolute atomic E-state index is 12.2. The highest BCUT2D eigenvalue weighted by molar-refractivity contribution is 9.10. The second-order valence-electron chi connectivity index (χ2n) is 4.63. The molecule has 7 heteroatoms. The van der Waals surface area contributed by atoms with Crippen LogP contribution in [0.15, 0.2) is 22.7 Å². The Bertz CT molecular complexity index is 573. The summed E-state index contributed by atoms with van der Waals surface area (Å²) >= 11 is 3.36. The predicted octanol–water partition coefficient (Wildman–Crippen LogP) is 1.98. The SMILES string of the molecule is COC(=O)CCC(NC(=O)c1ccc(Br)c(C)c1)C(=O)OC. The number of amides is 1. The number of aryl methyl sites for hydroxylation is 1. The third kappa shape index (κ3) is 5.14. The molecule has 0 aromatic heterocycles. The van der Waals surface area contributed by atoms with Crippen LogP contribution >= 0.6 is 15.9 Å². The van der Waals surface area contributed by atoms with Crippen LogP contribution in [0.3, 0.4) is 0 Å². The van der Waals surface area contributed by atoms with Gasteiger partial charge in [-0.2, -0.15) is 0 Å². The molecule has 0 aliphatic carbocycles. The topological polar surface area (TPSA) is 81.7 Å². The van der Waals surface area contributed by atoms with Crippen molar-refractivity contribution in [2.75, 3.05) is 14.2 Å². The van der Waals surface area contributed by atoms with Crippen LogP contribution in [0.4, 0.5) is 0 Å². The molecule has 1 rings (SSSR count). The molecule has 0 saturated heterocycles. The number of nitrogens with one attached hydrogen (secondary N) is 1. The quantitative estimate of drug-likeness (QED) is 0.773. The van der Waals surface area contributed by atoms with E-state index in [1.807, 2.05) is 6.92 Å². The van der Waals surface area contributed by atoms with E-state index in [1.54, 1.807) is 18.2 Å². The smallest absolute Gasteiger partial charge is 0.328 e. The minimum atomic E-state index is -0.902. The highest BCUT2D eigenvalue weighted by atomic mass is 79.9. The molecular formula is C15H18BrNO5. The van der Waals surface area contributed by atoms with Crippen molar-refractivity contribution < 1.29 is 23.9 Å². The molecular weight excluding hydrogens is 354 g/mol. The fourth-order valence-electron chi connectivity index (χ4n) is 1.78. The first kappa shape index (κ1) is 18.2. The van der Waals surface area contributed by atoms with Crippen LogP contribution in [0.25, 0.3) is 0 Å². The summed E-state index contributed by atoms with van der Waals surface area (Å²) in [6.45, 7) is 1.86. The van der Waals surface area contributed by atoms with Gasteiger partial charge in [0.2, 0.25) is 0 Å². The van der Waals surface area contributed by atoms with Crippen molar-refractivity contribution in [2.24, 2.45) is 0 Å². The number of halogens is 1. The Labute approximate surface area is 137 Å². The number of hydrogen-bond donors (Lipinski definition) is 1. The van der Waals surface area contributed by atoms with E-state index in [0.717, 1.165) is 10.0 Å². The number of carbonyl (C=O) groups is 3. The van der Waals surface area contributed by atoms with E-state index in [4.69, 9.17) is 0 Å². The van der Waals surface area contributed by atoms with Gasteiger partial charge in [-0.15, -0.1) is 0 Å². The summed E-state index contributed by atoms with van der Waals surface area (Å²) in [6.07, 6.45) is 0.122. The van der Waals surface area contributed by atoms with Crippen molar-refractivity contribution in [1.82, 2.24) is 5.32 Å². The lowest BCUT2D eigenvalue weighted by Gasteiger charge is -2.16. The monoisotopic (exact) mass is 371 g/mol. The van der Waals surface area contributed by atoms with E-state index >= 15 is 0 Å². The van der Waals surface area contributed by atoms with Crippen LogP contribution in [0, 0.1) is 6.92 Å². The third-order valence-electron chi connectivity index (χ3n) is 3.08. The minimum Gasteiger partial charge on any atom is -0.469 e. The Morgan fingerprint density at radius 3 is 2.45 bits per heavy atom. The normalized spacial score (nSPS) is 11.5. The van der Waals surface area contributed by atoms with Crippen LogP contribution in [-0.2, 0) is 19.1 Å². The van der Waals surface area contributed by atoms with Crippen molar-refractivity contribution in [3.8, 4) is 0 Å². The first-order valence-electron chi connectivity index (χ1n) is 6.60. The summed E-state index contributed by atoms with van der Waals surface area (Å²) in [5.41, 5.74) is 1.32. The largest absolute Gasteiger partial charge is 0.469 e. The molecule has 1 amide bonds. The van der Waals surface area contributed by atoms with Crippen molar-refractivity contribution in [3.63, 3.8) is 0 Å². The van der Waals surface area contributed by atoms with Crippen molar-refractivity contribution in [3.05, 3.63) is 33.8 Å². The Morgan fingerprint density at radius 1 is 1.23 bits per heavy atom. The molecule has 0 aliphatic rings. The zero-order chi connectivity index (χ0) is 16.7. The van der Waals surface area contributed by atoms with Crippen molar-refractivity contribution in [1.29, 1.82) is 0 Å². The molecule has 22 heavy (non-hydrogen) atoms. The fourth-order valence-corrected chi connectivity index (χ4v) is 2.03. The molecule has 0 aliphatic heterocycles. The Kier molecular flexibility index (Phi) is 7.04. The van der Waals surface area contributed by atoms with Gasteiger partial charge >= 0.3 is 11.9 Å². The highest BCUT2D eigenvalue weighted by Gasteiger charge is 2.23. The summed E-state index contributed by atoms with van der Waals surface area (Å²) in [4.78, 5) is 35.1. The number of rotatable bonds is 6. The van der Waals surface area contributed by atoms with Gasteiger partial charge in [0.1, 0.15) is 6.04 Å². The zero-order valence-electron chi connectivity index (χ0n) is 12.6. The van der Waals surface area contributed by atoms with Crippen molar-refractivity contribution in [2.45, 2.75) is 25.8 Å². The minimum absolute atomic E-state index is 0.00983. The number of benzene rings is 1. The van der Waals surface area contributed by atoms with Crippen LogP contribution in [0.1, 0.15) is 28.8 Å². The van der Waals surface area contributed by atoms with Gasteiger partial charge in [-0.25, -0.2) is 4.79 Å². The van der Waals surface area contributed by atoms with E-state index in [9.17, 15) is 14.4 Å². The molecule has 0 spiro atoms. The molecule has 1 unspecified atom stereocenters. The highest BCUT2D eigenvalue weighted by Crippen LogP contribution is 2.17. The predicted molar refractivity (Wildman–Crippen MR) is 83.4 cm³/mol. The molecule has 1 atom stereocenters. The van der Waals surface area contributed by atoms with Gasteiger partial charge in [0.05, 0.1) is 14.2 Å². The summed E-state index contributed by atoms with van der Waals surface area (Å²) in [5.74, 6) is -1.47. The molecule has 0 radical (unpaired) electrons. The molecule has 0 fully saturated rings. The average molecular weight is 372 g/mol. The number of hydrogen-bond acceptors (Lipinski definition) is 5. The second kappa shape index (κ2) is 8.53. The lowest BCUT2D eigenvalue weighted by Crippen LogP contribution is -2.41. The van der Waals surface area contributed by atoms with Gasteiger partial charge in [-0.05, 0) is 37.1 Å². The van der Waals surface area contributed by atoms with E-state index in [0.29, 0.717) is 5.56 Å². The molecule has 0 saturated carbocycles. The number of ether oxygens (including phenoxy) is 2. The van der Waals surface area contributed by atoms with Gasteiger partial charge < -0.3 is 14.8 Å². The second-order valence-corrected chi connectivity index (χ2v) is 5.48. The van der Waals surface area contributed by atoms with E-state index in [1.165, 1.54) is 14.2 Å². The lowest BCUT2D eigenvalue weighted by molar-refractivity contribution is -0.144. The van der Waals surface area contributed by atoms with E-state index in [2.05, 4.69) is 30.7 Å². The van der Waals surface area contributed by atoms with Gasteiger partial charge in [-0.3, -0.25) is 9.59 Å². The third-order valence-corrected chi connectivity index (χ3v) is 3.97. The molecule has 1 aromatic rings. The van der Waals surface area contributed by atoms with Crippen LogP contribution in [-0.4, -0.2) is 38.1 Å². The maximum Gasteiger partial charge on any atom is 0.328 e. The van der Waals surface area contributed by atoms with Crippen LogP contribution in [0.5, 0.6) is 0 Å². The fraction of sp³-hybridized carbons (Fsp3) is 0.400. The zero-order valence-corrected chi connectivity index (χ0v) is 14.2. The summed E-state index contributed by atoms with van der Waals surface area (Å²) in [5, 5.41) is 2.57. The molecule has 0 heterocycles. The van der Waals surface area contributed by atoms with E-state index < -0.39 is 23.9 Å². The van der Waals surface area contributed by atoms with E-state index in [-0.39, 0.29) is 12.8 Å². The average Bonchev–Trinajstić information content (AvgIpc) is 2.52. The van der Waals surface area contributed by atoms with Gasteiger partial charge in [0.25, 0.3) is 5.91 Å².